The van der Waals surface area contributed by atoms with Gasteiger partial charge in [-0.1, -0.05) is 30.3 Å². The Morgan fingerprint density at radius 3 is 2.62 bits per heavy atom. The van der Waals surface area contributed by atoms with Crippen molar-refractivity contribution in [2.24, 2.45) is 0 Å². The first-order valence-corrected chi connectivity index (χ1v) is 9.08. The first-order valence-electron chi connectivity index (χ1n) is 9.08. The fourth-order valence-corrected chi connectivity index (χ4v) is 2.97. The van der Waals surface area contributed by atoms with Gasteiger partial charge in [-0.05, 0) is 36.2 Å². The van der Waals surface area contributed by atoms with Crippen LogP contribution in [-0.4, -0.2) is 30.5 Å². The molecule has 7 nitrogen and oxygen atoms in total. The van der Waals surface area contributed by atoms with E-state index in [1.165, 1.54) is 0 Å². The molecule has 0 unspecified atom stereocenters. The molecule has 4 aromatic rings. The number of hydrogen-bond donors (Lipinski definition) is 2. The minimum absolute atomic E-state index is 0.244. The average Bonchev–Trinajstić information content (AvgIpc) is 3.20. The molecular weight excluding hydrogens is 366 g/mol. The minimum atomic E-state index is -0.377. The third-order valence-electron chi connectivity index (χ3n) is 4.38. The number of imidazole rings is 1. The molecule has 0 spiro atoms. The van der Waals surface area contributed by atoms with Crippen LogP contribution >= 0.6 is 0 Å². The molecule has 0 fully saturated rings. The van der Waals surface area contributed by atoms with E-state index in [1.54, 1.807) is 35.3 Å². The maximum absolute atomic E-state index is 12.8. The number of aliphatic hydroxyl groups excluding tert-OH is 1. The number of rotatable bonds is 5. The smallest absolute Gasteiger partial charge is 0.275 e. The van der Waals surface area contributed by atoms with Crippen molar-refractivity contribution in [1.82, 2.24) is 19.5 Å². The lowest BCUT2D eigenvalue weighted by molar-refractivity contribution is 0.102. The highest BCUT2D eigenvalue weighted by molar-refractivity contribution is 6.03. The molecule has 0 saturated heterocycles. The second kappa shape index (κ2) is 8.04. The molecule has 144 valence electrons. The second-order valence-corrected chi connectivity index (χ2v) is 6.53. The van der Waals surface area contributed by atoms with Crippen molar-refractivity contribution in [3.05, 3.63) is 90.4 Å². The summed E-state index contributed by atoms with van der Waals surface area (Å²) in [6.45, 7) is 1.64. The van der Waals surface area contributed by atoms with Crippen LogP contribution in [0.5, 0.6) is 0 Å². The van der Waals surface area contributed by atoms with Crippen molar-refractivity contribution < 1.29 is 9.90 Å². The van der Waals surface area contributed by atoms with Gasteiger partial charge < -0.3 is 15.0 Å². The van der Waals surface area contributed by atoms with Crippen molar-refractivity contribution >= 4 is 11.7 Å². The molecule has 29 heavy (non-hydrogen) atoms. The number of anilines is 1. The van der Waals surface area contributed by atoms with Crippen LogP contribution in [0, 0.1) is 6.92 Å². The van der Waals surface area contributed by atoms with Gasteiger partial charge in [-0.3, -0.25) is 9.78 Å². The monoisotopic (exact) mass is 385 g/mol. The van der Waals surface area contributed by atoms with Crippen LogP contribution in [0.25, 0.3) is 16.8 Å². The third kappa shape index (κ3) is 4.20. The summed E-state index contributed by atoms with van der Waals surface area (Å²) in [5.74, 6) is -0.0482. The highest BCUT2D eigenvalue weighted by Gasteiger charge is 2.12. The van der Waals surface area contributed by atoms with Crippen molar-refractivity contribution in [2.75, 3.05) is 5.32 Å². The van der Waals surface area contributed by atoms with E-state index in [-0.39, 0.29) is 18.2 Å². The van der Waals surface area contributed by atoms with E-state index in [0.29, 0.717) is 11.5 Å². The van der Waals surface area contributed by atoms with Gasteiger partial charge in [0.25, 0.3) is 5.91 Å². The number of hydrogen-bond acceptors (Lipinski definition) is 5. The normalized spacial score (nSPS) is 10.7. The largest absolute Gasteiger partial charge is 0.390 e. The number of amides is 1. The molecule has 1 amide bonds. The second-order valence-electron chi connectivity index (χ2n) is 6.53. The topological polar surface area (TPSA) is 92.9 Å². The van der Waals surface area contributed by atoms with Crippen LogP contribution in [0.4, 0.5) is 5.82 Å². The predicted octanol–water partition coefficient (Wildman–Crippen LogP) is 3.38. The Hall–Kier alpha value is -3.84. The van der Waals surface area contributed by atoms with Crippen molar-refractivity contribution in [1.29, 1.82) is 0 Å². The zero-order valence-electron chi connectivity index (χ0n) is 15.8. The number of nitrogens with one attached hydrogen (secondary N) is 1. The van der Waals surface area contributed by atoms with Gasteiger partial charge in [0.1, 0.15) is 11.5 Å². The Bertz CT molecular complexity index is 1150. The number of aryl methyl sites for hydroxylation is 1. The van der Waals surface area contributed by atoms with Gasteiger partial charge >= 0.3 is 0 Å². The Morgan fingerprint density at radius 1 is 1.07 bits per heavy atom. The maximum atomic E-state index is 12.8. The van der Waals surface area contributed by atoms with Gasteiger partial charge in [-0.15, -0.1) is 0 Å². The summed E-state index contributed by atoms with van der Waals surface area (Å²) in [5, 5.41) is 12.3. The number of aliphatic hydroxyl groups is 1. The van der Waals surface area contributed by atoms with Gasteiger partial charge in [-0.2, -0.15) is 0 Å². The molecule has 1 aromatic carbocycles. The van der Waals surface area contributed by atoms with Gasteiger partial charge in [-0.25, -0.2) is 9.97 Å². The van der Waals surface area contributed by atoms with Crippen LogP contribution in [-0.2, 0) is 6.61 Å². The quantitative estimate of drug-likeness (QED) is 0.549. The number of carbonyl (C=O) groups excluding carboxylic acids is 1. The summed E-state index contributed by atoms with van der Waals surface area (Å²) >= 11 is 0. The Kier molecular flexibility index (Phi) is 5.13. The van der Waals surface area contributed by atoms with E-state index in [9.17, 15) is 9.90 Å². The van der Waals surface area contributed by atoms with E-state index in [0.717, 1.165) is 22.5 Å². The lowest BCUT2D eigenvalue weighted by Crippen LogP contribution is -2.15. The Balaban J connectivity index is 1.62. The van der Waals surface area contributed by atoms with Crippen LogP contribution in [0.3, 0.4) is 0 Å². The molecule has 0 bridgehead atoms. The third-order valence-corrected chi connectivity index (χ3v) is 4.38. The summed E-state index contributed by atoms with van der Waals surface area (Å²) in [5.41, 5.74) is 4.23. The molecule has 7 heteroatoms. The summed E-state index contributed by atoms with van der Waals surface area (Å²) in [4.78, 5) is 25.4. The molecule has 0 aliphatic heterocycles. The van der Waals surface area contributed by atoms with Crippen LogP contribution in [0.15, 0.2) is 73.3 Å². The summed E-state index contributed by atoms with van der Waals surface area (Å²) in [6.07, 6.45) is 5.13. The fraction of sp³-hybridized carbons (Fsp3) is 0.0909. The van der Waals surface area contributed by atoms with Gasteiger partial charge in [0, 0.05) is 18.5 Å². The summed E-state index contributed by atoms with van der Waals surface area (Å²) in [6, 6.07) is 16.8. The average molecular weight is 385 g/mol. The standard InChI is InChI=1S/C22H19N5O2/c1-15-12-27(14-24-15)19-10-18(13-28)25-21(11-19)26-22(29)20-9-17(7-8-23-20)16-5-3-2-4-6-16/h2-12,14,28H,13H2,1H3,(H,25,26,29). The van der Waals surface area contributed by atoms with Crippen molar-refractivity contribution in [3.8, 4) is 16.8 Å². The number of pyridine rings is 2. The van der Waals surface area contributed by atoms with E-state index < -0.39 is 0 Å². The Morgan fingerprint density at radius 2 is 1.90 bits per heavy atom. The van der Waals surface area contributed by atoms with E-state index >= 15 is 0 Å². The van der Waals surface area contributed by atoms with E-state index in [1.807, 2.05) is 49.5 Å². The molecule has 2 N–H and O–H groups in total. The molecular formula is C22H19N5O2. The SMILES string of the molecule is Cc1cn(-c2cc(CO)nc(NC(=O)c3cc(-c4ccccc4)ccn3)c2)cn1. The molecule has 3 aromatic heterocycles. The molecule has 0 radical (unpaired) electrons. The zero-order chi connectivity index (χ0) is 20.2. The summed E-state index contributed by atoms with van der Waals surface area (Å²) in [7, 11) is 0. The van der Waals surface area contributed by atoms with Crippen LogP contribution in [0.1, 0.15) is 21.9 Å². The van der Waals surface area contributed by atoms with E-state index in [4.69, 9.17) is 0 Å². The lowest BCUT2D eigenvalue weighted by Gasteiger charge is -2.10. The first-order chi connectivity index (χ1) is 14.1. The lowest BCUT2D eigenvalue weighted by atomic mass is 10.1. The molecule has 0 aliphatic rings. The number of carbonyl (C=O) groups is 1. The van der Waals surface area contributed by atoms with Crippen molar-refractivity contribution in [2.45, 2.75) is 13.5 Å². The maximum Gasteiger partial charge on any atom is 0.275 e. The van der Waals surface area contributed by atoms with Gasteiger partial charge in [0.05, 0.1) is 30.0 Å². The van der Waals surface area contributed by atoms with Crippen molar-refractivity contribution in [3.63, 3.8) is 0 Å². The molecule has 4 rings (SSSR count). The van der Waals surface area contributed by atoms with Crippen LogP contribution in [0.2, 0.25) is 0 Å². The number of nitrogens with zero attached hydrogens (tertiary/aromatic N) is 4. The molecule has 0 aliphatic carbocycles. The Labute approximate surface area is 167 Å². The van der Waals surface area contributed by atoms with E-state index in [2.05, 4.69) is 20.3 Å². The zero-order valence-corrected chi connectivity index (χ0v) is 15.8. The minimum Gasteiger partial charge on any atom is -0.390 e. The van der Waals surface area contributed by atoms with Gasteiger partial charge in [0.2, 0.25) is 0 Å². The highest BCUT2D eigenvalue weighted by Crippen LogP contribution is 2.20. The highest BCUT2D eigenvalue weighted by atomic mass is 16.3. The first kappa shape index (κ1) is 18.5. The predicted molar refractivity (Wildman–Crippen MR) is 110 cm³/mol. The van der Waals surface area contributed by atoms with Crippen LogP contribution < -0.4 is 5.32 Å². The molecule has 3 heterocycles. The summed E-state index contributed by atoms with van der Waals surface area (Å²) < 4.78 is 1.81. The molecule has 0 atom stereocenters. The number of benzene rings is 1. The van der Waals surface area contributed by atoms with Gasteiger partial charge in [0.15, 0.2) is 0 Å². The number of aromatic nitrogens is 4. The fourth-order valence-electron chi connectivity index (χ4n) is 2.97. The molecule has 0 saturated carbocycles.